The van der Waals surface area contributed by atoms with E-state index in [9.17, 15) is 9.18 Å². The molecule has 21 heavy (non-hydrogen) atoms. The van der Waals surface area contributed by atoms with Crippen molar-refractivity contribution in [2.75, 3.05) is 13.7 Å². The normalized spacial score (nSPS) is 13.6. The van der Waals surface area contributed by atoms with E-state index in [0.717, 1.165) is 12.0 Å². The Morgan fingerprint density at radius 1 is 1.48 bits per heavy atom. The third kappa shape index (κ3) is 5.34. The first-order valence-electron chi connectivity index (χ1n) is 7.18. The summed E-state index contributed by atoms with van der Waals surface area (Å²) in [6.07, 6.45) is 2.02. The van der Waals surface area contributed by atoms with Gasteiger partial charge in [0.05, 0.1) is 7.11 Å². The van der Waals surface area contributed by atoms with Crippen LogP contribution in [0, 0.1) is 5.82 Å². The molecule has 1 amide bonds. The van der Waals surface area contributed by atoms with Crippen molar-refractivity contribution in [2.45, 2.75) is 45.1 Å². The fourth-order valence-electron chi connectivity index (χ4n) is 2.10. The minimum Gasteiger partial charge on any atom is -0.494 e. The summed E-state index contributed by atoms with van der Waals surface area (Å²) in [7, 11) is 1.41. The molecule has 1 unspecified atom stereocenters. The van der Waals surface area contributed by atoms with Gasteiger partial charge < -0.3 is 15.2 Å². The molecule has 0 bridgehead atoms. The molecule has 0 aliphatic heterocycles. The highest BCUT2D eigenvalue weighted by Gasteiger charge is 2.23. The Hall–Kier alpha value is -1.62. The molecule has 118 valence electrons. The summed E-state index contributed by atoms with van der Waals surface area (Å²) in [6, 6.07) is 4.70. The number of amides is 1. The minimum atomic E-state index is -0.422. The molecule has 1 aromatic carbocycles. The van der Waals surface area contributed by atoms with Crippen LogP contribution in [0.3, 0.4) is 0 Å². The maximum Gasteiger partial charge on any atom is 0.220 e. The second-order valence-corrected chi connectivity index (χ2v) is 5.40. The van der Waals surface area contributed by atoms with Gasteiger partial charge in [-0.3, -0.25) is 4.79 Å². The van der Waals surface area contributed by atoms with Gasteiger partial charge in [-0.15, -0.1) is 0 Å². The minimum absolute atomic E-state index is 0.0360. The smallest absolute Gasteiger partial charge is 0.220 e. The Bertz CT molecular complexity index is 479. The summed E-state index contributed by atoms with van der Waals surface area (Å²) in [4.78, 5) is 12.0. The van der Waals surface area contributed by atoms with E-state index < -0.39 is 11.4 Å². The number of ether oxygens (including phenoxy) is 1. The zero-order valence-corrected chi connectivity index (χ0v) is 12.9. The predicted molar refractivity (Wildman–Crippen MR) is 79.8 cm³/mol. The van der Waals surface area contributed by atoms with E-state index in [2.05, 4.69) is 5.32 Å². The molecule has 1 rings (SSSR count). The zero-order chi connectivity index (χ0) is 15.9. The van der Waals surface area contributed by atoms with Crippen molar-refractivity contribution in [1.82, 2.24) is 5.32 Å². The lowest BCUT2D eigenvalue weighted by Gasteiger charge is -2.29. The van der Waals surface area contributed by atoms with Crippen molar-refractivity contribution >= 4 is 5.91 Å². The molecular weight excluding hydrogens is 273 g/mol. The van der Waals surface area contributed by atoms with Crippen LogP contribution < -0.4 is 10.1 Å². The highest BCUT2D eigenvalue weighted by Crippen LogP contribution is 2.19. The van der Waals surface area contributed by atoms with E-state index in [-0.39, 0.29) is 24.7 Å². The number of benzene rings is 1. The average molecular weight is 297 g/mol. The lowest BCUT2D eigenvalue weighted by Crippen LogP contribution is -2.46. The quantitative estimate of drug-likeness (QED) is 0.775. The lowest BCUT2D eigenvalue weighted by molar-refractivity contribution is -0.123. The van der Waals surface area contributed by atoms with Crippen LogP contribution in [0.1, 0.15) is 38.7 Å². The maximum absolute atomic E-state index is 13.5. The Morgan fingerprint density at radius 3 is 2.71 bits per heavy atom. The van der Waals surface area contributed by atoms with Gasteiger partial charge in [-0.05, 0) is 43.9 Å². The lowest BCUT2D eigenvalue weighted by atomic mass is 9.94. The first kappa shape index (κ1) is 17.4. The molecule has 0 saturated heterocycles. The molecule has 0 aromatic heterocycles. The SMILES string of the molecule is CCC(C)(CCO)NC(=O)CCc1ccc(OC)c(F)c1. The Labute approximate surface area is 125 Å². The number of aliphatic hydroxyl groups is 1. The Kier molecular flexibility index (Phi) is 6.62. The first-order chi connectivity index (χ1) is 9.94. The summed E-state index contributed by atoms with van der Waals surface area (Å²) in [5.74, 6) is -0.317. The third-order valence-corrected chi connectivity index (χ3v) is 3.74. The average Bonchev–Trinajstić information content (AvgIpc) is 2.45. The fourth-order valence-corrected chi connectivity index (χ4v) is 2.10. The number of carbonyl (C=O) groups excluding carboxylic acids is 1. The highest BCUT2D eigenvalue weighted by molar-refractivity contribution is 5.77. The van der Waals surface area contributed by atoms with Crippen molar-refractivity contribution < 1.29 is 19.0 Å². The molecule has 5 heteroatoms. The van der Waals surface area contributed by atoms with Crippen LogP contribution in [0.5, 0.6) is 5.75 Å². The second-order valence-electron chi connectivity index (χ2n) is 5.40. The molecule has 0 aliphatic carbocycles. The van der Waals surface area contributed by atoms with Gasteiger partial charge in [-0.1, -0.05) is 13.0 Å². The van der Waals surface area contributed by atoms with E-state index in [4.69, 9.17) is 9.84 Å². The Morgan fingerprint density at radius 2 is 2.19 bits per heavy atom. The summed E-state index contributed by atoms with van der Waals surface area (Å²) in [5.41, 5.74) is 0.362. The van der Waals surface area contributed by atoms with Gasteiger partial charge in [0, 0.05) is 18.6 Å². The molecule has 0 aliphatic rings. The molecular formula is C16H24FNO3. The monoisotopic (exact) mass is 297 g/mol. The van der Waals surface area contributed by atoms with Crippen LogP contribution >= 0.6 is 0 Å². The molecule has 0 fully saturated rings. The van der Waals surface area contributed by atoms with E-state index in [0.29, 0.717) is 12.8 Å². The number of nitrogens with one attached hydrogen (secondary N) is 1. The number of aryl methyl sites for hydroxylation is 1. The predicted octanol–water partition coefficient (Wildman–Crippen LogP) is 2.43. The summed E-state index contributed by atoms with van der Waals surface area (Å²) in [5, 5.41) is 12.0. The number of halogens is 1. The van der Waals surface area contributed by atoms with Crippen LogP contribution in [0.15, 0.2) is 18.2 Å². The largest absolute Gasteiger partial charge is 0.494 e. The van der Waals surface area contributed by atoms with E-state index >= 15 is 0 Å². The van der Waals surface area contributed by atoms with Crippen LogP contribution in [0.25, 0.3) is 0 Å². The summed E-state index contributed by atoms with van der Waals surface area (Å²) >= 11 is 0. The summed E-state index contributed by atoms with van der Waals surface area (Å²) < 4.78 is 18.4. The maximum atomic E-state index is 13.5. The van der Waals surface area contributed by atoms with Crippen molar-refractivity contribution in [3.8, 4) is 5.75 Å². The molecule has 0 heterocycles. The van der Waals surface area contributed by atoms with Crippen molar-refractivity contribution in [1.29, 1.82) is 0 Å². The Balaban J connectivity index is 2.55. The molecule has 2 N–H and O–H groups in total. The van der Waals surface area contributed by atoms with Gasteiger partial charge in [0.25, 0.3) is 0 Å². The zero-order valence-electron chi connectivity index (χ0n) is 12.9. The van der Waals surface area contributed by atoms with E-state index in [1.165, 1.54) is 13.2 Å². The molecule has 1 aromatic rings. The number of hydrogen-bond donors (Lipinski definition) is 2. The van der Waals surface area contributed by atoms with Gasteiger partial charge >= 0.3 is 0 Å². The molecule has 0 spiro atoms. The number of rotatable bonds is 8. The van der Waals surface area contributed by atoms with Crippen molar-refractivity contribution in [3.05, 3.63) is 29.6 Å². The van der Waals surface area contributed by atoms with Crippen molar-refractivity contribution in [2.24, 2.45) is 0 Å². The highest BCUT2D eigenvalue weighted by atomic mass is 19.1. The van der Waals surface area contributed by atoms with Crippen LogP contribution in [0.4, 0.5) is 4.39 Å². The van der Waals surface area contributed by atoms with Gasteiger partial charge in [-0.2, -0.15) is 0 Å². The number of carbonyl (C=O) groups is 1. The molecule has 0 saturated carbocycles. The number of aliphatic hydroxyl groups excluding tert-OH is 1. The van der Waals surface area contributed by atoms with Crippen molar-refractivity contribution in [3.63, 3.8) is 0 Å². The van der Waals surface area contributed by atoms with E-state index in [1.54, 1.807) is 12.1 Å². The van der Waals surface area contributed by atoms with Crippen LogP contribution in [0.2, 0.25) is 0 Å². The van der Waals surface area contributed by atoms with E-state index in [1.807, 2.05) is 13.8 Å². The fraction of sp³-hybridized carbons (Fsp3) is 0.562. The van der Waals surface area contributed by atoms with Gasteiger partial charge in [0.15, 0.2) is 11.6 Å². The molecule has 1 atom stereocenters. The molecule has 4 nitrogen and oxygen atoms in total. The van der Waals surface area contributed by atoms with Crippen LogP contribution in [-0.2, 0) is 11.2 Å². The first-order valence-corrected chi connectivity index (χ1v) is 7.18. The number of methoxy groups -OCH3 is 1. The number of hydrogen-bond acceptors (Lipinski definition) is 3. The van der Waals surface area contributed by atoms with Gasteiger partial charge in [0.2, 0.25) is 5.91 Å². The molecule has 0 radical (unpaired) electrons. The topological polar surface area (TPSA) is 58.6 Å². The second kappa shape index (κ2) is 7.98. The third-order valence-electron chi connectivity index (χ3n) is 3.74. The standard InChI is InChI=1S/C16H24FNO3/c1-4-16(2,9-10-19)18-15(20)8-6-12-5-7-14(21-3)13(17)11-12/h5,7,11,19H,4,6,8-10H2,1-3H3,(H,18,20). The summed E-state index contributed by atoms with van der Waals surface area (Å²) in [6.45, 7) is 3.91. The van der Waals surface area contributed by atoms with Gasteiger partial charge in [0.1, 0.15) is 0 Å². The van der Waals surface area contributed by atoms with Gasteiger partial charge in [-0.25, -0.2) is 4.39 Å². The van der Waals surface area contributed by atoms with Crippen LogP contribution in [-0.4, -0.2) is 30.3 Å².